The van der Waals surface area contributed by atoms with Crippen LogP contribution in [-0.2, 0) is 17.6 Å². The molecule has 9 heteroatoms. The van der Waals surface area contributed by atoms with E-state index in [-0.39, 0.29) is 22.9 Å². The predicted molar refractivity (Wildman–Crippen MR) is 135 cm³/mol. The van der Waals surface area contributed by atoms with E-state index in [1.54, 1.807) is 30.3 Å². The largest absolute Gasteiger partial charge is 0.325 e. The number of rotatable bonds is 5. The zero-order valence-electron chi connectivity index (χ0n) is 17.4. The van der Waals surface area contributed by atoms with Crippen molar-refractivity contribution < 1.29 is 9.18 Å². The lowest BCUT2D eigenvalue weighted by atomic mass is 9.97. The third-order valence-corrected chi connectivity index (χ3v) is 8.16. The number of benzene rings is 2. The Hall–Kier alpha value is -2.49. The van der Waals surface area contributed by atoms with Gasteiger partial charge < -0.3 is 5.32 Å². The molecule has 0 spiro atoms. The van der Waals surface area contributed by atoms with E-state index in [4.69, 9.17) is 4.98 Å². The molecule has 4 aromatic rings. The molecule has 1 aliphatic rings. The summed E-state index contributed by atoms with van der Waals surface area (Å²) in [5.74, 6) is -0.707. The Kier molecular flexibility index (Phi) is 6.36. The highest BCUT2D eigenvalue weighted by atomic mass is 79.9. The minimum absolute atomic E-state index is 0.0353. The molecule has 2 aromatic heterocycles. The van der Waals surface area contributed by atoms with Crippen molar-refractivity contribution in [2.75, 3.05) is 11.1 Å². The van der Waals surface area contributed by atoms with Crippen molar-refractivity contribution >= 4 is 60.8 Å². The second kappa shape index (κ2) is 9.40. The Balaban J connectivity index is 1.53. The number of amides is 1. The minimum atomic E-state index is -0.508. The maximum absolute atomic E-state index is 14.7. The Labute approximate surface area is 206 Å². The first-order chi connectivity index (χ1) is 16.0. The van der Waals surface area contributed by atoms with Crippen molar-refractivity contribution in [3.8, 4) is 5.69 Å². The van der Waals surface area contributed by atoms with Crippen molar-refractivity contribution in [3.05, 3.63) is 79.6 Å². The maximum atomic E-state index is 14.7. The fraction of sp³-hybridized carbons (Fsp3) is 0.208. The van der Waals surface area contributed by atoms with Crippen LogP contribution in [0, 0.1) is 5.82 Å². The minimum Gasteiger partial charge on any atom is -0.325 e. The lowest BCUT2D eigenvalue weighted by molar-refractivity contribution is -0.113. The number of fused-ring (bicyclic) bond motifs is 3. The molecule has 0 saturated carbocycles. The number of anilines is 1. The Bertz CT molecular complexity index is 1420. The normalized spacial score (nSPS) is 13.2. The van der Waals surface area contributed by atoms with Crippen molar-refractivity contribution in [3.63, 3.8) is 0 Å². The van der Waals surface area contributed by atoms with Gasteiger partial charge in [-0.1, -0.05) is 39.8 Å². The zero-order valence-corrected chi connectivity index (χ0v) is 20.7. The van der Waals surface area contributed by atoms with Gasteiger partial charge in [-0.3, -0.25) is 14.2 Å². The number of carbonyl (C=O) groups is 1. The van der Waals surface area contributed by atoms with Crippen LogP contribution in [-0.4, -0.2) is 21.2 Å². The van der Waals surface area contributed by atoms with Crippen LogP contribution in [0.3, 0.4) is 0 Å². The highest BCUT2D eigenvalue weighted by molar-refractivity contribution is 9.10. The molecule has 0 saturated heterocycles. The number of aryl methyl sites for hydroxylation is 2. The van der Waals surface area contributed by atoms with E-state index in [0.29, 0.717) is 21.1 Å². The summed E-state index contributed by atoms with van der Waals surface area (Å²) in [5, 5.41) is 3.73. The molecule has 33 heavy (non-hydrogen) atoms. The summed E-state index contributed by atoms with van der Waals surface area (Å²) in [7, 11) is 0. The number of hydrogen-bond acceptors (Lipinski definition) is 5. The molecule has 5 rings (SSSR count). The molecule has 0 aliphatic heterocycles. The van der Waals surface area contributed by atoms with Crippen molar-refractivity contribution in [1.29, 1.82) is 0 Å². The third-order valence-electron chi connectivity index (χ3n) is 5.51. The van der Waals surface area contributed by atoms with Gasteiger partial charge in [0.05, 0.1) is 16.8 Å². The standard InChI is InChI=1S/C24H19BrFN3O2S2/c25-14-9-11-15(12-10-14)27-20(30)13-32-24-28-22-21(16-5-1-4-8-19(16)33-22)23(31)29(24)18-7-3-2-6-17(18)26/h2-3,6-7,9-12H,1,4-5,8,13H2,(H,27,30). The van der Waals surface area contributed by atoms with Crippen LogP contribution in [0.2, 0.25) is 0 Å². The van der Waals surface area contributed by atoms with E-state index >= 15 is 0 Å². The Morgan fingerprint density at radius 2 is 1.91 bits per heavy atom. The van der Waals surface area contributed by atoms with Gasteiger partial charge in [-0.15, -0.1) is 11.3 Å². The van der Waals surface area contributed by atoms with E-state index in [1.165, 1.54) is 26.8 Å². The molecule has 0 radical (unpaired) electrons. The molecule has 0 unspecified atom stereocenters. The van der Waals surface area contributed by atoms with Crippen LogP contribution in [0.5, 0.6) is 0 Å². The molecular weight excluding hydrogens is 525 g/mol. The summed E-state index contributed by atoms with van der Waals surface area (Å²) in [5.41, 5.74) is 1.59. The number of para-hydroxylation sites is 1. The van der Waals surface area contributed by atoms with Crippen LogP contribution < -0.4 is 10.9 Å². The van der Waals surface area contributed by atoms with E-state index in [2.05, 4.69) is 21.2 Å². The van der Waals surface area contributed by atoms with E-state index in [0.717, 1.165) is 47.5 Å². The van der Waals surface area contributed by atoms with Crippen molar-refractivity contribution in [2.45, 2.75) is 30.8 Å². The van der Waals surface area contributed by atoms with Crippen LogP contribution >= 0.6 is 39.0 Å². The number of halogens is 2. The first kappa shape index (κ1) is 22.3. The van der Waals surface area contributed by atoms with Gasteiger partial charge in [0.15, 0.2) is 5.16 Å². The third kappa shape index (κ3) is 4.49. The topological polar surface area (TPSA) is 64.0 Å². The van der Waals surface area contributed by atoms with Crippen molar-refractivity contribution in [2.24, 2.45) is 0 Å². The molecule has 5 nitrogen and oxygen atoms in total. The highest BCUT2D eigenvalue weighted by Gasteiger charge is 2.24. The van der Waals surface area contributed by atoms with Gasteiger partial charge in [0.25, 0.3) is 5.56 Å². The smallest absolute Gasteiger partial charge is 0.267 e. The van der Waals surface area contributed by atoms with Gasteiger partial charge in [-0.2, -0.15) is 0 Å². The Morgan fingerprint density at radius 3 is 2.70 bits per heavy atom. The number of carbonyl (C=O) groups excluding carboxylic acids is 1. The maximum Gasteiger partial charge on any atom is 0.267 e. The highest BCUT2D eigenvalue weighted by Crippen LogP contribution is 2.35. The van der Waals surface area contributed by atoms with E-state index in [9.17, 15) is 14.0 Å². The summed E-state index contributed by atoms with van der Waals surface area (Å²) in [6.45, 7) is 0. The predicted octanol–water partition coefficient (Wildman–Crippen LogP) is 5.96. The Morgan fingerprint density at radius 1 is 1.15 bits per heavy atom. The number of thiophene rings is 1. The fourth-order valence-electron chi connectivity index (χ4n) is 3.99. The monoisotopic (exact) mass is 543 g/mol. The van der Waals surface area contributed by atoms with E-state index in [1.807, 2.05) is 12.1 Å². The summed E-state index contributed by atoms with van der Waals surface area (Å²) in [6, 6.07) is 13.4. The van der Waals surface area contributed by atoms with E-state index < -0.39 is 5.82 Å². The number of nitrogens with zero attached hydrogens (tertiary/aromatic N) is 2. The molecule has 0 atom stereocenters. The first-order valence-electron chi connectivity index (χ1n) is 10.5. The van der Waals surface area contributed by atoms with Gasteiger partial charge in [0.1, 0.15) is 10.6 Å². The number of thioether (sulfide) groups is 1. The van der Waals surface area contributed by atoms with Gasteiger partial charge >= 0.3 is 0 Å². The second-order valence-corrected chi connectivity index (χ2v) is 10.7. The quantitative estimate of drug-likeness (QED) is 0.249. The van der Waals surface area contributed by atoms with Crippen LogP contribution in [0.1, 0.15) is 23.3 Å². The first-order valence-corrected chi connectivity index (χ1v) is 13.1. The van der Waals surface area contributed by atoms with Crippen LogP contribution in [0.15, 0.2) is 63.0 Å². The van der Waals surface area contributed by atoms with Crippen molar-refractivity contribution in [1.82, 2.24) is 9.55 Å². The summed E-state index contributed by atoms with van der Waals surface area (Å²) < 4.78 is 17.0. The molecule has 0 bridgehead atoms. The average molecular weight is 544 g/mol. The fourth-order valence-corrected chi connectivity index (χ4v) is 6.36. The van der Waals surface area contributed by atoms with Crippen LogP contribution in [0.25, 0.3) is 15.9 Å². The second-order valence-electron chi connectivity index (χ2n) is 7.72. The van der Waals surface area contributed by atoms with Gasteiger partial charge in [0.2, 0.25) is 5.91 Å². The lowest BCUT2D eigenvalue weighted by Gasteiger charge is -2.14. The summed E-state index contributed by atoms with van der Waals surface area (Å²) in [4.78, 5) is 32.8. The summed E-state index contributed by atoms with van der Waals surface area (Å²) in [6.07, 6.45) is 3.91. The molecule has 168 valence electrons. The molecule has 1 N–H and O–H groups in total. The van der Waals surface area contributed by atoms with Gasteiger partial charge in [-0.25, -0.2) is 9.37 Å². The molecular formula is C24H19BrFN3O2S2. The molecule has 1 aliphatic carbocycles. The van der Waals surface area contributed by atoms with Gasteiger partial charge in [-0.05, 0) is 67.6 Å². The van der Waals surface area contributed by atoms with Crippen LogP contribution in [0.4, 0.5) is 10.1 Å². The summed E-state index contributed by atoms with van der Waals surface area (Å²) >= 11 is 6.03. The molecule has 2 heterocycles. The average Bonchev–Trinajstić information content (AvgIpc) is 3.19. The molecule has 1 amide bonds. The number of nitrogens with one attached hydrogen (secondary N) is 1. The lowest BCUT2D eigenvalue weighted by Crippen LogP contribution is -2.24. The number of hydrogen-bond donors (Lipinski definition) is 1. The molecule has 0 fully saturated rings. The zero-order chi connectivity index (χ0) is 22.9. The SMILES string of the molecule is O=C(CSc1nc2sc3c(c2c(=O)n1-c1ccccc1F)CCCC3)Nc1ccc(Br)cc1. The molecule has 2 aromatic carbocycles. The number of aromatic nitrogens is 2. The van der Waals surface area contributed by atoms with Gasteiger partial charge in [0, 0.05) is 15.0 Å².